The van der Waals surface area contributed by atoms with Crippen molar-refractivity contribution >= 4 is 10.0 Å². The number of hydrogen-bond acceptors (Lipinski definition) is 3. The van der Waals surface area contributed by atoms with Crippen LogP contribution in [0.1, 0.15) is 38.2 Å². The molecule has 21 heavy (non-hydrogen) atoms. The Morgan fingerprint density at radius 3 is 2.52 bits per heavy atom. The van der Waals surface area contributed by atoms with Gasteiger partial charge in [0.25, 0.3) is 0 Å². The molecule has 1 aromatic carbocycles. The summed E-state index contributed by atoms with van der Waals surface area (Å²) in [5.41, 5.74) is -0.426. The predicted molar refractivity (Wildman–Crippen MR) is 78.9 cm³/mol. The number of hydrogen-bond donors (Lipinski definition) is 2. The average Bonchev–Trinajstić information content (AvgIpc) is 2.44. The number of halogens is 1. The van der Waals surface area contributed by atoms with Gasteiger partial charge in [-0.15, -0.1) is 0 Å². The summed E-state index contributed by atoms with van der Waals surface area (Å²) in [5, 5.41) is 9.64. The molecule has 1 aliphatic carbocycles. The van der Waals surface area contributed by atoms with Crippen molar-refractivity contribution in [2.45, 2.75) is 50.0 Å². The van der Waals surface area contributed by atoms with Gasteiger partial charge in [-0.1, -0.05) is 13.0 Å². The average molecular weight is 315 g/mol. The lowest BCUT2D eigenvalue weighted by atomic mass is 9.78. The highest BCUT2D eigenvalue weighted by molar-refractivity contribution is 7.89. The van der Waals surface area contributed by atoms with Gasteiger partial charge in [0.15, 0.2) is 0 Å². The lowest BCUT2D eigenvalue weighted by Gasteiger charge is -2.38. The molecule has 1 aliphatic rings. The smallest absolute Gasteiger partial charge is 0.241 e. The molecule has 1 saturated carbocycles. The molecular weight excluding hydrogens is 293 g/mol. The van der Waals surface area contributed by atoms with E-state index in [0.717, 1.165) is 18.9 Å². The van der Waals surface area contributed by atoms with E-state index in [9.17, 15) is 17.9 Å². The van der Waals surface area contributed by atoms with Gasteiger partial charge in [0.2, 0.25) is 10.0 Å². The standard InChI is InChI=1S/C15H22FNO3S/c1-11-5-7-15(10-18,8-6-11)17-21(19,20)13-4-3-12(2)14(16)9-13/h3-4,9,11,17-18H,5-8,10H2,1-2H3. The van der Waals surface area contributed by atoms with Crippen molar-refractivity contribution in [1.29, 1.82) is 0 Å². The monoisotopic (exact) mass is 315 g/mol. The second-order valence-corrected chi connectivity index (χ2v) is 7.82. The molecule has 0 bridgehead atoms. The van der Waals surface area contributed by atoms with Crippen LogP contribution in [0.2, 0.25) is 0 Å². The highest BCUT2D eigenvalue weighted by atomic mass is 32.2. The highest BCUT2D eigenvalue weighted by Crippen LogP contribution is 2.33. The first-order chi connectivity index (χ1) is 9.78. The van der Waals surface area contributed by atoms with Crippen LogP contribution in [0.5, 0.6) is 0 Å². The van der Waals surface area contributed by atoms with Crippen LogP contribution in [0.3, 0.4) is 0 Å². The maximum Gasteiger partial charge on any atom is 0.241 e. The van der Waals surface area contributed by atoms with Gasteiger partial charge < -0.3 is 5.11 Å². The summed E-state index contributed by atoms with van der Waals surface area (Å²) in [7, 11) is -3.84. The van der Waals surface area contributed by atoms with E-state index in [4.69, 9.17) is 0 Å². The predicted octanol–water partition coefficient (Wildman–Crippen LogP) is 2.35. The van der Waals surface area contributed by atoms with Gasteiger partial charge in [0.05, 0.1) is 17.0 Å². The number of nitrogens with one attached hydrogen (secondary N) is 1. The fraction of sp³-hybridized carbons (Fsp3) is 0.600. The minimum Gasteiger partial charge on any atom is -0.394 e. The molecule has 4 nitrogen and oxygen atoms in total. The van der Waals surface area contributed by atoms with Crippen LogP contribution in [-0.4, -0.2) is 25.7 Å². The first-order valence-corrected chi connectivity index (χ1v) is 8.67. The molecule has 1 fully saturated rings. The molecule has 0 aliphatic heterocycles. The fourth-order valence-electron chi connectivity index (χ4n) is 2.69. The Labute approximate surface area is 125 Å². The van der Waals surface area contributed by atoms with Crippen molar-refractivity contribution < 1.29 is 17.9 Å². The van der Waals surface area contributed by atoms with E-state index in [1.54, 1.807) is 6.92 Å². The van der Waals surface area contributed by atoms with E-state index in [1.807, 2.05) is 0 Å². The number of aryl methyl sites for hydroxylation is 1. The number of sulfonamides is 1. The topological polar surface area (TPSA) is 66.4 Å². The highest BCUT2D eigenvalue weighted by Gasteiger charge is 2.37. The molecule has 2 N–H and O–H groups in total. The van der Waals surface area contributed by atoms with E-state index in [-0.39, 0.29) is 11.5 Å². The zero-order chi connectivity index (χ0) is 15.7. The van der Waals surface area contributed by atoms with Gasteiger partial charge in [-0.2, -0.15) is 0 Å². The van der Waals surface area contributed by atoms with Crippen molar-refractivity contribution in [3.63, 3.8) is 0 Å². The van der Waals surface area contributed by atoms with Crippen molar-refractivity contribution in [3.05, 3.63) is 29.6 Å². The third kappa shape index (κ3) is 3.62. The van der Waals surface area contributed by atoms with Gasteiger partial charge >= 0.3 is 0 Å². The third-order valence-corrected chi connectivity index (χ3v) is 5.91. The molecule has 118 valence electrons. The number of rotatable bonds is 4. The first-order valence-electron chi connectivity index (χ1n) is 7.19. The van der Waals surface area contributed by atoms with E-state index in [0.29, 0.717) is 24.3 Å². The van der Waals surface area contributed by atoms with E-state index >= 15 is 0 Å². The zero-order valence-corrected chi connectivity index (χ0v) is 13.2. The van der Waals surface area contributed by atoms with Crippen LogP contribution in [0, 0.1) is 18.7 Å². The van der Waals surface area contributed by atoms with E-state index < -0.39 is 21.4 Å². The summed E-state index contributed by atoms with van der Waals surface area (Å²) in [4.78, 5) is -0.1000. The number of aliphatic hydroxyl groups is 1. The second kappa shape index (κ2) is 6.02. The summed E-state index contributed by atoms with van der Waals surface area (Å²) in [6.07, 6.45) is 2.92. The minimum atomic E-state index is -3.84. The van der Waals surface area contributed by atoms with Gasteiger partial charge in [-0.05, 0) is 56.2 Å². The molecule has 2 rings (SSSR count). The number of aliphatic hydroxyl groups excluding tert-OH is 1. The van der Waals surface area contributed by atoms with Crippen molar-refractivity contribution in [1.82, 2.24) is 4.72 Å². The maximum absolute atomic E-state index is 13.6. The molecule has 6 heteroatoms. The Kier molecular flexibility index (Phi) is 4.70. The molecule has 0 heterocycles. The summed E-state index contributed by atoms with van der Waals surface area (Å²) >= 11 is 0. The molecule has 0 saturated heterocycles. The van der Waals surface area contributed by atoms with Crippen LogP contribution in [0.15, 0.2) is 23.1 Å². The molecule has 0 unspecified atom stereocenters. The fourth-order valence-corrected chi connectivity index (χ4v) is 4.15. The van der Waals surface area contributed by atoms with Crippen LogP contribution in [0.4, 0.5) is 4.39 Å². The van der Waals surface area contributed by atoms with Crippen LogP contribution < -0.4 is 4.72 Å². The Morgan fingerprint density at radius 2 is 2.00 bits per heavy atom. The van der Waals surface area contributed by atoms with Gasteiger partial charge in [-0.25, -0.2) is 17.5 Å². The minimum absolute atomic E-state index is 0.1000. The van der Waals surface area contributed by atoms with E-state index in [1.165, 1.54) is 12.1 Å². The molecule has 0 atom stereocenters. The van der Waals surface area contributed by atoms with Crippen molar-refractivity contribution in [2.24, 2.45) is 5.92 Å². The molecular formula is C15H22FNO3S. The van der Waals surface area contributed by atoms with Gasteiger partial charge in [0.1, 0.15) is 5.82 Å². The lowest BCUT2D eigenvalue weighted by molar-refractivity contribution is 0.125. The third-order valence-electron chi connectivity index (χ3n) is 4.34. The molecule has 0 spiro atoms. The zero-order valence-electron chi connectivity index (χ0n) is 12.4. The van der Waals surface area contributed by atoms with Crippen LogP contribution >= 0.6 is 0 Å². The second-order valence-electron chi connectivity index (χ2n) is 6.14. The summed E-state index contributed by atoms with van der Waals surface area (Å²) in [6.45, 7) is 3.45. The Hall–Kier alpha value is -0.980. The largest absolute Gasteiger partial charge is 0.394 e. The Balaban J connectivity index is 2.25. The molecule has 0 amide bonds. The first kappa shape index (κ1) is 16.4. The Morgan fingerprint density at radius 1 is 1.38 bits per heavy atom. The van der Waals surface area contributed by atoms with Crippen molar-refractivity contribution in [3.8, 4) is 0 Å². The quantitative estimate of drug-likeness (QED) is 0.896. The van der Waals surface area contributed by atoms with E-state index in [2.05, 4.69) is 11.6 Å². The number of benzene rings is 1. The van der Waals surface area contributed by atoms with Crippen molar-refractivity contribution in [2.75, 3.05) is 6.61 Å². The lowest BCUT2D eigenvalue weighted by Crippen LogP contribution is -2.53. The van der Waals surface area contributed by atoms with Gasteiger partial charge in [-0.3, -0.25) is 0 Å². The maximum atomic E-state index is 13.6. The van der Waals surface area contributed by atoms with Crippen LogP contribution in [-0.2, 0) is 10.0 Å². The molecule has 0 aromatic heterocycles. The molecule has 1 aromatic rings. The summed E-state index contributed by atoms with van der Waals surface area (Å²) < 4.78 is 41.0. The normalized spacial score (nSPS) is 26.8. The summed E-state index contributed by atoms with van der Waals surface area (Å²) in [5.74, 6) is -0.0146. The summed E-state index contributed by atoms with van der Waals surface area (Å²) in [6, 6.07) is 3.85. The molecule has 0 radical (unpaired) electrons. The SMILES string of the molecule is Cc1ccc(S(=O)(=O)NC2(CO)CCC(C)CC2)cc1F. The van der Waals surface area contributed by atoms with Crippen LogP contribution in [0.25, 0.3) is 0 Å². The van der Waals surface area contributed by atoms with Gasteiger partial charge in [0, 0.05) is 0 Å². The Bertz CT molecular complexity index is 607.